The van der Waals surface area contributed by atoms with Gasteiger partial charge in [0.2, 0.25) is 0 Å². The van der Waals surface area contributed by atoms with E-state index >= 15 is 0 Å². The fourth-order valence-electron chi connectivity index (χ4n) is 6.34. The molecule has 6 aromatic carbocycles. The van der Waals surface area contributed by atoms with Gasteiger partial charge in [-0.1, -0.05) is 91.0 Å². The maximum Gasteiger partial charge on any atom is 0.495 e. The molecule has 0 unspecified atom stereocenters. The van der Waals surface area contributed by atoms with Gasteiger partial charge in [0, 0.05) is 16.3 Å². The van der Waals surface area contributed by atoms with E-state index in [1.54, 1.807) is 0 Å². The number of fused-ring (bicyclic) bond motifs is 9. The molecule has 194 valence electrons. The summed E-state index contributed by atoms with van der Waals surface area (Å²) in [5, 5.41) is 9.73. The Balaban J connectivity index is 1.36. The van der Waals surface area contributed by atoms with E-state index in [0.717, 1.165) is 38.5 Å². The first kappa shape index (κ1) is 23.7. The maximum absolute atomic E-state index is 6.60. The lowest BCUT2D eigenvalue weighted by Gasteiger charge is -2.32. The first-order valence-electron chi connectivity index (χ1n) is 14.0. The van der Waals surface area contributed by atoms with Crippen LogP contribution in [-0.4, -0.2) is 18.3 Å². The number of furan rings is 1. The third-order valence-electron chi connectivity index (χ3n) is 9.12. The van der Waals surface area contributed by atoms with Gasteiger partial charge in [-0.15, -0.1) is 0 Å². The highest BCUT2D eigenvalue weighted by Gasteiger charge is 2.52. The van der Waals surface area contributed by atoms with Crippen molar-refractivity contribution in [2.24, 2.45) is 0 Å². The van der Waals surface area contributed by atoms with Crippen molar-refractivity contribution in [2.45, 2.75) is 38.9 Å². The second-order valence-electron chi connectivity index (χ2n) is 11.9. The summed E-state index contributed by atoms with van der Waals surface area (Å²) in [7, 11) is -0.460. The summed E-state index contributed by atoms with van der Waals surface area (Å²) in [4.78, 5) is 0. The monoisotopic (exact) mass is 520 g/mol. The summed E-state index contributed by atoms with van der Waals surface area (Å²) in [6, 6.07) is 36.8. The van der Waals surface area contributed by atoms with Crippen LogP contribution in [0.1, 0.15) is 27.7 Å². The van der Waals surface area contributed by atoms with Crippen molar-refractivity contribution in [3.05, 3.63) is 103 Å². The molecule has 0 atom stereocenters. The van der Waals surface area contributed by atoms with Crippen LogP contribution in [-0.2, 0) is 9.31 Å². The van der Waals surface area contributed by atoms with Crippen LogP contribution in [0.3, 0.4) is 0 Å². The maximum atomic E-state index is 6.60. The SMILES string of the molecule is CC1(C)OB(c2cccc3oc4c(-c5ccc6c7ccccc7c7ccccc7c6c5)cccc4c23)OC1(C)C. The molecule has 0 bridgehead atoms. The second kappa shape index (κ2) is 8.20. The molecule has 0 spiro atoms. The Hall–Kier alpha value is -4.12. The average Bonchev–Trinajstić information content (AvgIpc) is 3.45. The van der Waals surface area contributed by atoms with E-state index in [1.807, 2.05) is 12.1 Å². The van der Waals surface area contributed by atoms with Gasteiger partial charge in [0.15, 0.2) is 0 Å². The quantitative estimate of drug-likeness (QED) is 0.168. The Morgan fingerprint density at radius 1 is 0.525 bits per heavy atom. The molecule has 7 aromatic rings. The molecule has 2 heterocycles. The van der Waals surface area contributed by atoms with Crippen LogP contribution in [0.25, 0.3) is 65.4 Å². The lowest BCUT2D eigenvalue weighted by molar-refractivity contribution is 0.00578. The number of hydrogen-bond donors (Lipinski definition) is 0. The van der Waals surface area contributed by atoms with E-state index in [-0.39, 0.29) is 0 Å². The lowest BCUT2D eigenvalue weighted by Crippen LogP contribution is -2.41. The molecule has 0 saturated carbocycles. The Morgan fingerprint density at radius 2 is 1.07 bits per heavy atom. The number of para-hydroxylation sites is 1. The topological polar surface area (TPSA) is 31.6 Å². The smallest absolute Gasteiger partial charge is 0.455 e. The van der Waals surface area contributed by atoms with E-state index in [2.05, 4.69) is 119 Å². The first-order chi connectivity index (χ1) is 19.3. The third-order valence-corrected chi connectivity index (χ3v) is 9.12. The van der Waals surface area contributed by atoms with E-state index in [1.165, 1.54) is 32.3 Å². The minimum atomic E-state index is -0.460. The van der Waals surface area contributed by atoms with Crippen LogP contribution < -0.4 is 5.46 Å². The van der Waals surface area contributed by atoms with Gasteiger partial charge in [-0.2, -0.15) is 0 Å². The highest BCUT2D eigenvalue weighted by Crippen LogP contribution is 2.41. The van der Waals surface area contributed by atoms with Gasteiger partial charge in [0.05, 0.1) is 11.2 Å². The fourth-order valence-corrected chi connectivity index (χ4v) is 6.34. The number of benzene rings is 6. The second-order valence-corrected chi connectivity index (χ2v) is 11.9. The minimum Gasteiger partial charge on any atom is -0.455 e. The summed E-state index contributed by atoms with van der Waals surface area (Å²) < 4.78 is 19.5. The normalized spacial score (nSPS) is 16.6. The largest absolute Gasteiger partial charge is 0.495 e. The zero-order valence-electron chi connectivity index (χ0n) is 23.1. The molecule has 1 aliphatic heterocycles. The Morgan fingerprint density at radius 3 is 1.73 bits per heavy atom. The molecule has 1 aromatic heterocycles. The highest BCUT2D eigenvalue weighted by atomic mass is 16.7. The van der Waals surface area contributed by atoms with Crippen LogP contribution in [0.15, 0.2) is 108 Å². The first-order valence-corrected chi connectivity index (χ1v) is 14.0. The summed E-state index contributed by atoms with van der Waals surface area (Å²) in [5.74, 6) is 0. The lowest BCUT2D eigenvalue weighted by atomic mass is 9.76. The Bertz CT molecular complexity index is 2080. The zero-order chi connectivity index (χ0) is 27.2. The summed E-state index contributed by atoms with van der Waals surface area (Å²) in [6.07, 6.45) is 0. The average molecular weight is 520 g/mol. The fraction of sp³-hybridized carbons (Fsp3) is 0.167. The van der Waals surface area contributed by atoms with Gasteiger partial charge >= 0.3 is 7.12 Å². The van der Waals surface area contributed by atoms with Crippen LogP contribution in [0.5, 0.6) is 0 Å². The molecule has 40 heavy (non-hydrogen) atoms. The van der Waals surface area contributed by atoms with Crippen molar-refractivity contribution in [1.29, 1.82) is 0 Å². The molecule has 1 fully saturated rings. The van der Waals surface area contributed by atoms with E-state index in [9.17, 15) is 0 Å². The van der Waals surface area contributed by atoms with Crippen LogP contribution in [0.4, 0.5) is 0 Å². The Labute approximate surface area is 233 Å². The molecule has 4 heteroatoms. The van der Waals surface area contributed by atoms with Crippen molar-refractivity contribution >= 4 is 66.8 Å². The summed E-state index contributed by atoms with van der Waals surface area (Å²) in [6.45, 7) is 8.35. The predicted octanol–water partition coefficient (Wildman–Crippen LogP) is 9.01. The summed E-state index contributed by atoms with van der Waals surface area (Å²) >= 11 is 0. The molecule has 3 nitrogen and oxygen atoms in total. The van der Waals surface area contributed by atoms with Crippen LogP contribution in [0.2, 0.25) is 0 Å². The molecule has 0 amide bonds. The molecular weight excluding hydrogens is 491 g/mol. The van der Waals surface area contributed by atoms with Crippen molar-refractivity contribution in [2.75, 3.05) is 0 Å². The van der Waals surface area contributed by atoms with Gasteiger partial charge in [-0.05, 0) is 83.2 Å². The number of rotatable bonds is 2. The molecule has 8 rings (SSSR count). The van der Waals surface area contributed by atoms with E-state index in [0.29, 0.717) is 0 Å². The molecular formula is C36H29BO3. The van der Waals surface area contributed by atoms with Crippen LogP contribution in [0, 0.1) is 0 Å². The predicted molar refractivity (Wildman–Crippen MR) is 167 cm³/mol. The minimum absolute atomic E-state index is 0.414. The standard InChI is InChI=1S/C36H29BO3/c1-35(2)36(3,4)40-37(39-35)31-17-10-18-32-33(31)29-16-9-15-23(34(29)38-32)22-19-20-28-26-13-6-5-11-24(26)25-12-7-8-14-27(25)30(28)21-22/h5-21H,1-4H3. The van der Waals surface area contributed by atoms with Crippen molar-refractivity contribution in [1.82, 2.24) is 0 Å². The van der Waals surface area contributed by atoms with Gasteiger partial charge in [0.25, 0.3) is 0 Å². The van der Waals surface area contributed by atoms with Gasteiger partial charge < -0.3 is 13.7 Å². The van der Waals surface area contributed by atoms with E-state index < -0.39 is 18.3 Å². The molecule has 0 radical (unpaired) electrons. The summed E-state index contributed by atoms with van der Waals surface area (Å²) in [5.41, 5.74) is 4.11. The van der Waals surface area contributed by atoms with Crippen molar-refractivity contribution in [3.63, 3.8) is 0 Å². The van der Waals surface area contributed by atoms with Crippen molar-refractivity contribution < 1.29 is 13.7 Å². The molecule has 0 N–H and O–H groups in total. The highest BCUT2D eigenvalue weighted by molar-refractivity contribution is 6.66. The van der Waals surface area contributed by atoms with Gasteiger partial charge in [0.1, 0.15) is 11.2 Å². The van der Waals surface area contributed by atoms with Gasteiger partial charge in [-0.3, -0.25) is 0 Å². The molecule has 0 aliphatic carbocycles. The van der Waals surface area contributed by atoms with Crippen molar-refractivity contribution in [3.8, 4) is 11.1 Å². The van der Waals surface area contributed by atoms with Gasteiger partial charge in [-0.25, -0.2) is 0 Å². The van der Waals surface area contributed by atoms with Crippen LogP contribution >= 0.6 is 0 Å². The molecule has 1 saturated heterocycles. The van der Waals surface area contributed by atoms with E-state index in [4.69, 9.17) is 13.7 Å². The third kappa shape index (κ3) is 3.27. The molecule has 1 aliphatic rings. The Kier molecular flexibility index (Phi) is 4.87. The zero-order valence-corrected chi connectivity index (χ0v) is 23.1. The number of hydrogen-bond acceptors (Lipinski definition) is 3.